The number of carbonyl (C=O) groups excluding carboxylic acids is 1. The topological polar surface area (TPSA) is 64.6 Å². The molecule has 2 rings (SSSR count). The van der Waals surface area contributed by atoms with Gasteiger partial charge >= 0.3 is 6.03 Å². The highest BCUT2D eigenvalue weighted by atomic mass is 35.5. The Morgan fingerprint density at radius 3 is 2.48 bits per heavy atom. The molecule has 0 heterocycles. The number of urea groups is 1. The van der Waals surface area contributed by atoms with Crippen molar-refractivity contribution in [2.45, 2.75) is 31.3 Å². The van der Waals surface area contributed by atoms with E-state index in [1.54, 1.807) is 0 Å². The van der Waals surface area contributed by atoms with E-state index in [4.69, 9.17) is 11.6 Å². The van der Waals surface area contributed by atoms with Crippen LogP contribution in [0.5, 0.6) is 0 Å². The van der Waals surface area contributed by atoms with Crippen LogP contribution in [0.3, 0.4) is 0 Å². The summed E-state index contributed by atoms with van der Waals surface area (Å²) < 4.78 is 0. The zero-order valence-corrected chi connectivity index (χ0v) is 14.7. The van der Waals surface area contributed by atoms with E-state index in [0.717, 1.165) is 18.4 Å². The summed E-state index contributed by atoms with van der Waals surface area (Å²) in [6, 6.07) is 7.45. The fraction of sp³-hybridized carbons (Fsp3) is 0.588. The van der Waals surface area contributed by atoms with E-state index < -0.39 is 5.54 Å². The number of likely N-dealkylation sites (N-methyl/N-ethyl adjacent to an activating group) is 1. The average Bonchev–Trinajstić information content (AvgIpc) is 3.34. The van der Waals surface area contributed by atoms with E-state index in [2.05, 4.69) is 15.5 Å². The second-order valence-corrected chi connectivity index (χ2v) is 7.15. The Morgan fingerprint density at radius 2 is 2.00 bits per heavy atom. The lowest BCUT2D eigenvalue weighted by Crippen LogP contribution is -2.54. The Hall–Kier alpha value is -1.30. The lowest BCUT2D eigenvalue weighted by atomic mass is 9.97. The van der Waals surface area contributed by atoms with Crippen LogP contribution in [0, 0.1) is 5.92 Å². The van der Waals surface area contributed by atoms with Crippen molar-refractivity contribution in [3.05, 3.63) is 34.9 Å². The van der Waals surface area contributed by atoms with E-state index in [1.807, 2.05) is 45.3 Å². The number of halogens is 1. The largest absolute Gasteiger partial charge is 0.394 e. The number of aliphatic hydroxyl groups excluding tert-OH is 1. The van der Waals surface area contributed by atoms with Crippen LogP contribution >= 0.6 is 11.6 Å². The van der Waals surface area contributed by atoms with Gasteiger partial charge in [0.25, 0.3) is 0 Å². The van der Waals surface area contributed by atoms with Crippen molar-refractivity contribution in [1.82, 2.24) is 15.5 Å². The zero-order chi connectivity index (χ0) is 17.0. The minimum Gasteiger partial charge on any atom is -0.394 e. The quantitative estimate of drug-likeness (QED) is 0.714. The van der Waals surface area contributed by atoms with Crippen molar-refractivity contribution in [2.75, 3.05) is 27.2 Å². The summed E-state index contributed by atoms with van der Waals surface area (Å²) in [4.78, 5) is 14.2. The third-order valence-corrected chi connectivity index (χ3v) is 4.79. The third-order valence-electron chi connectivity index (χ3n) is 4.54. The summed E-state index contributed by atoms with van der Waals surface area (Å²) in [6.07, 6.45) is 2.12. The first-order chi connectivity index (χ1) is 10.9. The van der Waals surface area contributed by atoms with E-state index in [1.165, 1.54) is 0 Å². The Balaban J connectivity index is 1.93. The summed E-state index contributed by atoms with van der Waals surface area (Å²) in [5, 5.41) is 16.1. The molecule has 1 aliphatic rings. The molecular formula is C17H26ClN3O2. The molecule has 2 atom stereocenters. The molecule has 0 bridgehead atoms. The number of rotatable bonds is 7. The van der Waals surface area contributed by atoms with Crippen LogP contribution in [-0.4, -0.2) is 48.8 Å². The molecule has 0 aliphatic heterocycles. The minimum atomic E-state index is -0.530. The van der Waals surface area contributed by atoms with E-state index in [0.29, 0.717) is 17.5 Å². The average molecular weight is 340 g/mol. The van der Waals surface area contributed by atoms with Crippen LogP contribution < -0.4 is 10.6 Å². The van der Waals surface area contributed by atoms with Crippen LogP contribution in [0.1, 0.15) is 31.4 Å². The molecular weight excluding hydrogens is 314 g/mol. The van der Waals surface area contributed by atoms with Crippen LogP contribution in [0.25, 0.3) is 0 Å². The number of hydrogen-bond acceptors (Lipinski definition) is 3. The number of aliphatic hydroxyl groups is 1. The molecule has 2 unspecified atom stereocenters. The van der Waals surface area contributed by atoms with Gasteiger partial charge in [0.15, 0.2) is 0 Å². The minimum absolute atomic E-state index is 0.0423. The number of hydrogen-bond donors (Lipinski definition) is 3. The highest BCUT2D eigenvalue weighted by Gasteiger charge is 2.42. The van der Waals surface area contributed by atoms with Gasteiger partial charge in [0.2, 0.25) is 0 Å². The number of benzene rings is 1. The second-order valence-electron chi connectivity index (χ2n) is 6.72. The maximum atomic E-state index is 12.2. The highest BCUT2D eigenvalue weighted by Crippen LogP contribution is 2.39. The maximum absolute atomic E-state index is 12.2. The zero-order valence-electron chi connectivity index (χ0n) is 14.0. The van der Waals surface area contributed by atoms with Gasteiger partial charge in [-0.05, 0) is 57.5 Å². The normalized spacial score (nSPS) is 18.3. The summed E-state index contributed by atoms with van der Waals surface area (Å²) in [5.41, 5.74) is 0.560. The molecule has 5 nitrogen and oxygen atoms in total. The predicted octanol–water partition coefficient (Wildman–Crippen LogP) is 2.40. The summed E-state index contributed by atoms with van der Waals surface area (Å²) >= 11 is 5.93. The predicted molar refractivity (Wildman–Crippen MR) is 92.6 cm³/mol. The van der Waals surface area contributed by atoms with Crippen molar-refractivity contribution in [2.24, 2.45) is 5.92 Å². The fourth-order valence-electron chi connectivity index (χ4n) is 2.77. The molecule has 2 amide bonds. The number of amides is 2. The first-order valence-corrected chi connectivity index (χ1v) is 8.32. The third kappa shape index (κ3) is 4.83. The molecule has 1 fully saturated rings. The number of nitrogens with one attached hydrogen (secondary N) is 2. The summed E-state index contributed by atoms with van der Waals surface area (Å²) in [5.74, 6) is 0.374. The number of carbonyl (C=O) groups is 1. The standard InChI is InChI=1S/C17H26ClN3O2/c1-17(11-22,13-6-7-13)20-16(23)19-10-15(21(2)3)12-4-8-14(18)9-5-12/h4-5,8-9,13,15,22H,6-7,10-11H2,1-3H3,(H2,19,20,23). The van der Waals surface area contributed by atoms with Crippen LogP contribution in [0.2, 0.25) is 5.02 Å². The molecule has 1 aromatic rings. The smallest absolute Gasteiger partial charge is 0.315 e. The molecule has 3 N–H and O–H groups in total. The van der Waals surface area contributed by atoms with Crippen LogP contribution in [-0.2, 0) is 0 Å². The Bertz CT molecular complexity index is 531. The molecule has 1 aromatic carbocycles. The van der Waals surface area contributed by atoms with Gasteiger partial charge in [-0.3, -0.25) is 0 Å². The van der Waals surface area contributed by atoms with Crippen molar-refractivity contribution >= 4 is 17.6 Å². The van der Waals surface area contributed by atoms with E-state index in [-0.39, 0.29) is 18.7 Å². The molecule has 0 saturated heterocycles. The van der Waals surface area contributed by atoms with Gasteiger partial charge in [0, 0.05) is 11.6 Å². The molecule has 23 heavy (non-hydrogen) atoms. The maximum Gasteiger partial charge on any atom is 0.315 e. The SMILES string of the molecule is CN(C)C(CNC(=O)NC(C)(CO)C1CC1)c1ccc(Cl)cc1. The van der Waals surface area contributed by atoms with Gasteiger partial charge in [-0.25, -0.2) is 4.79 Å². The molecule has 128 valence electrons. The van der Waals surface area contributed by atoms with Crippen LogP contribution in [0.15, 0.2) is 24.3 Å². The van der Waals surface area contributed by atoms with Crippen molar-refractivity contribution in [3.8, 4) is 0 Å². The first kappa shape index (κ1) is 18.0. The van der Waals surface area contributed by atoms with Gasteiger partial charge in [0.05, 0.1) is 18.2 Å². The fourth-order valence-corrected chi connectivity index (χ4v) is 2.89. The Labute approximate surface area is 143 Å². The summed E-state index contributed by atoms with van der Waals surface area (Å²) in [6.45, 7) is 2.33. The van der Waals surface area contributed by atoms with Gasteiger partial charge in [-0.15, -0.1) is 0 Å². The van der Waals surface area contributed by atoms with Crippen LogP contribution in [0.4, 0.5) is 4.79 Å². The van der Waals surface area contributed by atoms with Crippen molar-refractivity contribution in [3.63, 3.8) is 0 Å². The molecule has 6 heteroatoms. The van der Waals surface area contributed by atoms with Crippen molar-refractivity contribution in [1.29, 1.82) is 0 Å². The van der Waals surface area contributed by atoms with Crippen molar-refractivity contribution < 1.29 is 9.90 Å². The van der Waals surface area contributed by atoms with E-state index >= 15 is 0 Å². The Kier molecular flexibility index (Phi) is 5.89. The van der Waals surface area contributed by atoms with Gasteiger partial charge in [-0.2, -0.15) is 0 Å². The van der Waals surface area contributed by atoms with Gasteiger partial charge < -0.3 is 20.6 Å². The molecule has 0 aromatic heterocycles. The lowest BCUT2D eigenvalue weighted by Gasteiger charge is -2.30. The molecule has 0 radical (unpaired) electrons. The molecule has 1 aliphatic carbocycles. The first-order valence-electron chi connectivity index (χ1n) is 7.94. The van der Waals surface area contributed by atoms with Gasteiger partial charge in [-0.1, -0.05) is 23.7 Å². The number of nitrogens with zero attached hydrogens (tertiary/aromatic N) is 1. The summed E-state index contributed by atoms with van der Waals surface area (Å²) in [7, 11) is 3.95. The monoisotopic (exact) mass is 339 g/mol. The van der Waals surface area contributed by atoms with E-state index in [9.17, 15) is 9.90 Å². The second kappa shape index (κ2) is 7.51. The van der Waals surface area contributed by atoms with Gasteiger partial charge in [0.1, 0.15) is 0 Å². The molecule has 1 saturated carbocycles. The molecule has 0 spiro atoms. The lowest BCUT2D eigenvalue weighted by molar-refractivity contribution is 0.154. The highest BCUT2D eigenvalue weighted by molar-refractivity contribution is 6.30. The Morgan fingerprint density at radius 1 is 1.39 bits per heavy atom.